The Labute approximate surface area is 207 Å². The van der Waals surface area contributed by atoms with Crippen molar-refractivity contribution >= 4 is 5.78 Å². The van der Waals surface area contributed by atoms with Crippen LogP contribution >= 0.6 is 0 Å². The van der Waals surface area contributed by atoms with Crippen molar-refractivity contribution < 1.29 is 23.7 Å². The van der Waals surface area contributed by atoms with Gasteiger partial charge < -0.3 is 18.9 Å². The van der Waals surface area contributed by atoms with E-state index in [1.165, 1.54) is 0 Å². The Bertz CT molecular complexity index is 1090. The molecule has 3 aromatic rings. The molecular weight excluding hydrogens is 440 g/mol. The number of ether oxygens (including phenoxy) is 4. The normalized spacial score (nSPS) is 27.6. The predicted octanol–water partition coefficient (Wildman–Crippen LogP) is 5.58. The standard InChI is InChI=1S/C30H32O5/c1-30(18-26(31)24-15-9-4-10-16-24)17-25-28(33-20-23-13-7-3-8-14-23)27(34-29(25)35-30)21-32-19-22-11-5-2-6-12-22/h2-16,25,27-29H,17-21H2,1H3/t25-,27+,28+,29-,30+/m0/s1. The summed E-state index contributed by atoms with van der Waals surface area (Å²) in [5, 5.41) is 0. The molecule has 0 aromatic heterocycles. The van der Waals surface area contributed by atoms with Crippen LogP contribution in [0.25, 0.3) is 0 Å². The molecule has 5 nitrogen and oxygen atoms in total. The molecule has 5 heteroatoms. The van der Waals surface area contributed by atoms with Gasteiger partial charge in [0.1, 0.15) is 6.10 Å². The van der Waals surface area contributed by atoms with Crippen LogP contribution in [0.1, 0.15) is 41.3 Å². The molecule has 35 heavy (non-hydrogen) atoms. The molecule has 0 aliphatic carbocycles. The van der Waals surface area contributed by atoms with Gasteiger partial charge in [-0.05, 0) is 24.5 Å². The summed E-state index contributed by atoms with van der Waals surface area (Å²) >= 11 is 0. The summed E-state index contributed by atoms with van der Waals surface area (Å²) in [6, 6.07) is 29.6. The Morgan fingerprint density at radius 3 is 2.14 bits per heavy atom. The zero-order chi connectivity index (χ0) is 24.1. The first kappa shape index (κ1) is 23.9. The number of ketones is 1. The van der Waals surface area contributed by atoms with Crippen molar-refractivity contribution in [3.63, 3.8) is 0 Å². The first-order valence-electron chi connectivity index (χ1n) is 12.3. The Balaban J connectivity index is 1.24. The number of Topliss-reactive ketones (excluding diaryl/α,β-unsaturated/α-hetero) is 1. The fourth-order valence-corrected chi connectivity index (χ4v) is 5.11. The molecule has 2 fully saturated rings. The lowest BCUT2D eigenvalue weighted by molar-refractivity contribution is -0.180. The van der Waals surface area contributed by atoms with Crippen LogP contribution in [-0.4, -0.2) is 36.5 Å². The molecule has 5 atom stereocenters. The van der Waals surface area contributed by atoms with E-state index < -0.39 is 11.9 Å². The van der Waals surface area contributed by atoms with E-state index in [1.807, 2.05) is 85.8 Å². The maximum Gasteiger partial charge on any atom is 0.165 e. The summed E-state index contributed by atoms with van der Waals surface area (Å²) in [6.07, 6.45) is 0.199. The smallest absolute Gasteiger partial charge is 0.165 e. The zero-order valence-electron chi connectivity index (χ0n) is 20.0. The molecule has 3 aromatic carbocycles. The maximum atomic E-state index is 12.9. The molecule has 2 saturated heterocycles. The van der Waals surface area contributed by atoms with Crippen LogP contribution in [0, 0.1) is 5.92 Å². The minimum Gasteiger partial charge on any atom is -0.374 e. The first-order chi connectivity index (χ1) is 17.1. The molecular formula is C30H32O5. The fraction of sp³-hybridized carbons (Fsp3) is 0.367. The Morgan fingerprint density at radius 1 is 0.886 bits per heavy atom. The first-order valence-corrected chi connectivity index (χ1v) is 12.3. The van der Waals surface area contributed by atoms with Crippen molar-refractivity contribution in [3.05, 3.63) is 108 Å². The maximum absolute atomic E-state index is 12.9. The summed E-state index contributed by atoms with van der Waals surface area (Å²) in [5.74, 6) is 0.121. The molecule has 0 amide bonds. The second kappa shape index (κ2) is 10.8. The molecule has 5 rings (SSSR count). The average molecular weight is 473 g/mol. The van der Waals surface area contributed by atoms with Crippen LogP contribution in [-0.2, 0) is 32.2 Å². The minimum absolute atomic E-state index is 0.0395. The predicted molar refractivity (Wildman–Crippen MR) is 133 cm³/mol. The van der Waals surface area contributed by atoms with Crippen LogP contribution < -0.4 is 0 Å². The van der Waals surface area contributed by atoms with Gasteiger partial charge in [0, 0.05) is 17.9 Å². The third-order valence-electron chi connectivity index (χ3n) is 6.82. The number of carbonyl (C=O) groups excluding carboxylic acids is 1. The summed E-state index contributed by atoms with van der Waals surface area (Å²) in [5.41, 5.74) is 2.35. The van der Waals surface area contributed by atoms with Crippen LogP contribution in [0.2, 0.25) is 0 Å². The van der Waals surface area contributed by atoms with Crippen molar-refractivity contribution in [2.45, 2.75) is 57.1 Å². The number of carbonyl (C=O) groups is 1. The molecule has 0 radical (unpaired) electrons. The van der Waals surface area contributed by atoms with E-state index in [-0.39, 0.29) is 23.9 Å². The van der Waals surface area contributed by atoms with E-state index in [0.717, 1.165) is 11.1 Å². The zero-order valence-corrected chi connectivity index (χ0v) is 20.0. The van der Waals surface area contributed by atoms with Gasteiger partial charge in [-0.15, -0.1) is 0 Å². The molecule has 2 aliphatic heterocycles. The van der Waals surface area contributed by atoms with Crippen molar-refractivity contribution in [3.8, 4) is 0 Å². The third kappa shape index (κ3) is 5.88. The minimum atomic E-state index is -0.591. The third-order valence-corrected chi connectivity index (χ3v) is 6.82. The Hall–Kier alpha value is -2.83. The lowest BCUT2D eigenvalue weighted by Gasteiger charge is -2.28. The highest BCUT2D eigenvalue weighted by atomic mass is 16.7. The van der Waals surface area contributed by atoms with Crippen LogP contribution in [0.3, 0.4) is 0 Å². The summed E-state index contributed by atoms with van der Waals surface area (Å²) < 4.78 is 25.1. The number of hydrogen-bond acceptors (Lipinski definition) is 5. The van der Waals surface area contributed by atoms with Crippen molar-refractivity contribution in [2.24, 2.45) is 5.92 Å². The lowest BCUT2D eigenvalue weighted by Crippen LogP contribution is -2.36. The lowest BCUT2D eigenvalue weighted by atomic mass is 9.86. The second-order valence-corrected chi connectivity index (χ2v) is 9.71. The fourth-order valence-electron chi connectivity index (χ4n) is 5.11. The molecule has 182 valence electrons. The van der Waals surface area contributed by atoms with E-state index in [2.05, 4.69) is 12.1 Å². The van der Waals surface area contributed by atoms with Crippen molar-refractivity contribution in [1.82, 2.24) is 0 Å². The molecule has 2 heterocycles. The highest BCUT2D eigenvalue weighted by molar-refractivity contribution is 5.96. The van der Waals surface area contributed by atoms with Crippen molar-refractivity contribution in [2.75, 3.05) is 6.61 Å². The highest BCUT2D eigenvalue weighted by Crippen LogP contribution is 2.46. The molecule has 0 N–H and O–H groups in total. The van der Waals surface area contributed by atoms with E-state index in [9.17, 15) is 4.79 Å². The van der Waals surface area contributed by atoms with Gasteiger partial charge in [-0.3, -0.25) is 4.79 Å². The summed E-state index contributed by atoms with van der Waals surface area (Å²) in [4.78, 5) is 12.9. The number of fused-ring (bicyclic) bond motifs is 1. The van der Waals surface area contributed by atoms with E-state index in [4.69, 9.17) is 18.9 Å². The van der Waals surface area contributed by atoms with Gasteiger partial charge in [0.2, 0.25) is 0 Å². The van der Waals surface area contributed by atoms with Crippen LogP contribution in [0.4, 0.5) is 0 Å². The van der Waals surface area contributed by atoms with Crippen molar-refractivity contribution in [1.29, 1.82) is 0 Å². The largest absolute Gasteiger partial charge is 0.374 e. The summed E-state index contributed by atoms with van der Waals surface area (Å²) in [7, 11) is 0. The molecule has 0 saturated carbocycles. The van der Waals surface area contributed by atoms with Gasteiger partial charge in [0.15, 0.2) is 12.1 Å². The average Bonchev–Trinajstić information content (AvgIpc) is 3.36. The summed E-state index contributed by atoms with van der Waals surface area (Å²) in [6.45, 7) is 3.44. The SMILES string of the molecule is C[C@]1(CC(=O)c2ccccc2)C[C@@H]2[C@@H](O[C@H](COCc3ccccc3)[C@@H]2OCc2ccccc2)O1. The topological polar surface area (TPSA) is 54.0 Å². The quantitative estimate of drug-likeness (QED) is 0.361. The molecule has 0 unspecified atom stereocenters. The van der Waals surface area contributed by atoms with Gasteiger partial charge in [0.05, 0.1) is 31.5 Å². The van der Waals surface area contributed by atoms with Gasteiger partial charge >= 0.3 is 0 Å². The Kier molecular flexibility index (Phi) is 7.40. The van der Waals surface area contributed by atoms with E-state index in [0.29, 0.717) is 38.2 Å². The van der Waals surface area contributed by atoms with Gasteiger partial charge in [-0.1, -0.05) is 91.0 Å². The monoisotopic (exact) mass is 472 g/mol. The highest BCUT2D eigenvalue weighted by Gasteiger charge is 2.55. The van der Waals surface area contributed by atoms with Gasteiger partial charge in [-0.25, -0.2) is 0 Å². The van der Waals surface area contributed by atoms with Gasteiger partial charge in [0.25, 0.3) is 0 Å². The second-order valence-electron chi connectivity index (χ2n) is 9.71. The molecule has 0 bridgehead atoms. The van der Waals surface area contributed by atoms with E-state index in [1.54, 1.807) is 0 Å². The number of hydrogen-bond donors (Lipinski definition) is 0. The number of rotatable bonds is 10. The van der Waals surface area contributed by atoms with E-state index >= 15 is 0 Å². The van der Waals surface area contributed by atoms with Crippen LogP contribution in [0.5, 0.6) is 0 Å². The van der Waals surface area contributed by atoms with Crippen LogP contribution in [0.15, 0.2) is 91.0 Å². The van der Waals surface area contributed by atoms with Gasteiger partial charge in [-0.2, -0.15) is 0 Å². The molecule has 0 spiro atoms. The number of benzene rings is 3. The molecule has 2 aliphatic rings. The Morgan fingerprint density at radius 2 is 1.49 bits per heavy atom.